The third-order valence-electron chi connectivity index (χ3n) is 3.77. The van der Waals surface area contributed by atoms with Gasteiger partial charge in [-0.15, -0.1) is 0 Å². The summed E-state index contributed by atoms with van der Waals surface area (Å²) in [5.41, 5.74) is 6.71. The summed E-state index contributed by atoms with van der Waals surface area (Å²) in [5.74, 6) is 0.935. The van der Waals surface area contributed by atoms with Crippen LogP contribution >= 0.6 is 0 Å². The first-order valence-electron chi connectivity index (χ1n) is 7.22. The van der Waals surface area contributed by atoms with Crippen molar-refractivity contribution in [1.29, 1.82) is 0 Å². The molecular weight excluding hydrogens is 254 g/mol. The Kier molecular flexibility index (Phi) is 4.47. The number of nitrogen functional groups attached to an aromatic ring is 1. The van der Waals surface area contributed by atoms with Crippen LogP contribution in [0, 0.1) is 5.92 Å². The number of pyridine rings is 1. The fourth-order valence-corrected chi connectivity index (χ4v) is 2.65. The molecule has 20 heavy (non-hydrogen) atoms. The van der Waals surface area contributed by atoms with E-state index in [2.05, 4.69) is 23.7 Å². The summed E-state index contributed by atoms with van der Waals surface area (Å²) in [6.07, 6.45) is 3.92. The van der Waals surface area contributed by atoms with Crippen molar-refractivity contribution in [2.75, 3.05) is 23.8 Å². The van der Waals surface area contributed by atoms with Crippen LogP contribution in [0.5, 0.6) is 0 Å². The minimum absolute atomic E-state index is 0.346. The zero-order chi connectivity index (χ0) is 14.7. The van der Waals surface area contributed by atoms with Crippen molar-refractivity contribution < 1.29 is 9.53 Å². The highest BCUT2D eigenvalue weighted by atomic mass is 16.5. The molecule has 0 aromatic carbocycles. The molecular formula is C15H23N3O2. The van der Waals surface area contributed by atoms with E-state index in [4.69, 9.17) is 10.5 Å². The zero-order valence-corrected chi connectivity index (χ0v) is 12.4. The summed E-state index contributed by atoms with van der Waals surface area (Å²) in [7, 11) is 0. The predicted octanol–water partition coefficient (Wildman–Crippen LogP) is 2.47. The smallest absolute Gasteiger partial charge is 0.341 e. The Morgan fingerprint density at radius 3 is 2.95 bits per heavy atom. The summed E-state index contributed by atoms with van der Waals surface area (Å²) < 4.78 is 5.12. The molecule has 1 aliphatic rings. The molecule has 1 saturated heterocycles. The van der Waals surface area contributed by atoms with Gasteiger partial charge in [0.15, 0.2) is 0 Å². The molecule has 0 saturated carbocycles. The molecule has 1 fully saturated rings. The average Bonchev–Trinajstić information content (AvgIpc) is 2.42. The maximum Gasteiger partial charge on any atom is 0.341 e. The lowest BCUT2D eigenvalue weighted by Gasteiger charge is -2.38. The van der Waals surface area contributed by atoms with E-state index in [0.717, 1.165) is 13.0 Å². The van der Waals surface area contributed by atoms with Gasteiger partial charge in [0.2, 0.25) is 0 Å². The first-order chi connectivity index (χ1) is 9.52. The van der Waals surface area contributed by atoms with Crippen LogP contribution in [0.15, 0.2) is 12.3 Å². The molecule has 5 heteroatoms. The fourth-order valence-electron chi connectivity index (χ4n) is 2.65. The molecule has 110 valence electrons. The number of nitrogens with zero attached hydrogens (tertiary/aromatic N) is 2. The molecule has 2 heterocycles. The summed E-state index contributed by atoms with van der Waals surface area (Å²) in [6, 6.07) is 2.03. The third-order valence-corrected chi connectivity index (χ3v) is 3.77. The lowest BCUT2D eigenvalue weighted by Crippen LogP contribution is -2.42. The molecule has 2 rings (SSSR count). The van der Waals surface area contributed by atoms with Crippen LogP contribution in [0.3, 0.4) is 0 Å². The van der Waals surface area contributed by atoms with Crippen molar-refractivity contribution in [3.05, 3.63) is 17.8 Å². The van der Waals surface area contributed by atoms with E-state index in [9.17, 15) is 4.79 Å². The number of hydrogen-bond donors (Lipinski definition) is 1. The van der Waals surface area contributed by atoms with Crippen molar-refractivity contribution in [3.63, 3.8) is 0 Å². The Morgan fingerprint density at radius 2 is 2.25 bits per heavy atom. The number of piperidine rings is 1. The van der Waals surface area contributed by atoms with Crippen LogP contribution in [0.2, 0.25) is 0 Å². The van der Waals surface area contributed by atoms with E-state index < -0.39 is 0 Å². The molecule has 1 aliphatic heterocycles. The maximum atomic E-state index is 12.1. The summed E-state index contributed by atoms with van der Waals surface area (Å²) in [4.78, 5) is 18.7. The summed E-state index contributed by atoms with van der Waals surface area (Å²) in [5, 5.41) is 0. The number of carbonyl (C=O) groups is 1. The van der Waals surface area contributed by atoms with Crippen LogP contribution < -0.4 is 10.6 Å². The molecule has 2 unspecified atom stereocenters. The van der Waals surface area contributed by atoms with E-state index in [0.29, 0.717) is 35.6 Å². The number of carbonyl (C=O) groups excluding carboxylic acids is 1. The molecule has 1 aromatic rings. The Morgan fingerprint density at radius 1 is 1.50 bits per heavy atom. The standard InChI is InChI=1S/C15H23N3O2/c1-4-20-15(19)13-7-12(16)8-17-14(13)18-9-10(2)5-6-11(18)3/h7-8,10-11H,4-6,9,16H2,1-3H3. The summed E-state index contributed by atoms with van der Waals surface area (Å²) >= 11 is 0. The number of rotatable bonds is 3. The molecule has 1 aromatic heterocycles. The molecule has 5 nitrogen and oxygen atoms in total. The SMILES string of the molecule is CCOC(=O)c1cc(N)cnc1N1CC(C)CCC1C. The minimum Gasteiger partial charge on any atom is -0.462 e. The van der Waals surface area contributed by atoms with Gasteiger partial charge in [0.25, 0.3) is 0 Å². The van der Waals surface area contributed by atoms with Crippen molar-refractivity contribution in [2.45, 2.75) is 39.7 Å². The second-order valence-corrected chi connectivity index (χ2v) is 5.54. The number of ether oxygens (including phenoxy) is 1. The van der Waals surface area contributed by atoms with Gasteiger partial charge in [0, 0.05) is 12.6 Å². The maximum absolute atomic E-state index is 12.1. The quantitative estimate of drug-likeness (QED) is 0.860. The second kappa shape index (κ2) is 6.11. The molecule has 0 amide bonds. The van der Waals surface area contributed by atoms with Crippen LogP contribution in [0.25, 0.3) is 0 Å². The van der Waals surface area contributed by atoms with Crippen LogP contribution in [-0.2, 0) is 4.74 Å². The predicted molar refractivity (Wildman–Crippen MR) is 79.8 cm³/mol. The Bertz CT molecular complexity index is 490. The van der Waals surface area contributed by atoms with Crippen molar-refractivity contribution in [1.82, 2.24) is 4.98 Å². The Labute approximate surface area is 120 Å². The van der Waals surface area contributed by atoms with Gasteiger partial charge >= 0.3 is 5.97 Å². The zero-order valence-electron chi connectivity index (χ0n) is 12.4. The van der Waals surface area contributed by atoms with Gasteiger partial charge in [0.05, 0.1) is 18.5 Å². The third kappa shape index (κ3) is 3.03. The highest BCUT2D eigenvalue weighted by molar-refractivity contribution is 5.95. The lowest BCUT2D eigenvalue weighted by atomic mass is 9.94. The highest BCUT2D eigenvalue weighted by Gasteiger charge is 2.28. The van der Waals surface area contributed by atoms with Gasteiger partial charge in [-0.2, -0.15) is 0 Å². The number of esters is 1. The number of nitrogens with two attached hydrogens (primary N) is 1. The van der Waals surface area contributed by atoms with Gasteiger partial charge in [-0.05, 0) is 38.7 Å². The lowest BCUT2D eigenvalue weighted by molar-refractivity contribution is 0.0526. The average molecular weight is 277 g/mol. The van der Waals surface area contributed by atoms with Crippen LogP contribution in [-0.4, -0.2) is 30.1 Å². The normalized spacial score (nSPS) is 22.6. The molecule has 2 atom stereocenters. The van der Waals surface area contributed by atoms with Gasteiger partial charge in [-0.1, -0.05) is 6.92 Å². The van der Waals surface area contributed by atoms with E-state index in [1.807, 2.05) is 0 Å². The Hall–Kier alpha value is -1.78. The van der Waals surface area contributed by atoms with Gasteiger partial charge in [0.1, 0.15) is 11.4 Å². The highest BCUT2D eigenvalue weighted by Crippen LogP contribution is 2.29. The van der Waals surface area contributed by atoms with E-state index >= 15 is 0 Å². The molecule has 2 N–H and O–H groups in total. The Balaban J connectivity index is 2.37. The largest absolute Gasteiger partial charge is 0.462 e. The topological polar surface area (TPSA) is 68.5 Å². The van der Waals surface area contributed by atoms with Crippen molar-refractivity contribution >= 4 is 17.5 Å². The molecule has 0 bridgehead atoms. The first-order valence-corrected chi connectivity index (χ1v) is 7.22. The van der Waals surface area contributed by atoms with Crippen molar-refractivity contribution in [2.24, 2.45) is 5.92 Å². The fraction of sp³-hybridized carbons (Fsp3) is 0.600. The van der Waals surface area contributed by atoms with Crippen LogP contribution in [0.4, 0.5) is 11.5 Å². The van der Waals surface area contributed by atoms with Crippen molar-refractivity contribution in [3.8, 4) is 0 Å². The number of hydrogen-bond acceptors (Lipinski definition) is 5. The van der Waals surface area contributed by atoms with Gasteiger partial charge in [-0.3, -0.25) is 0 Å². The van der Waals surface area contributed by atoms with E-state index in [1.54, 1.807) is 19.2 Å². The number of anilines is 2. The minimum atomic E-state index is -0.354. The van der Waals surface area contributed by atoms with Gasteiger partial charge < -0.3 is 15.4 Å². The van der Waals surface area contributed by atoms with E-state index in [1.165, 1.54) is 6.42 Å². The monoisotopic (exact) mass is 277 g/mol. The number of aromatic nitrogens is 1. The molecule has 0 aliphatic carbocycles. The molecule has 0 spiro atoms. The van der Waals surface area contributed by atoms with E-state index in [-0.39, 0.29) is 5.97 Å². The van der Waals surface area contributed by atoms with Crippen LogP contribution in [0.1, 0.15) is 44.0 Å². The summed E-state index contributed by atoms with van der Waals surface area (Å²) in [6.45, 7) is 7.44. The first kappa shape index (κ1) is 14.6. The van der Waals surface area contributed by atoms with Gasteiger partial charge in [-0.25, -0.2) is 9.78 Å². The second-order valence-electron chi connectivity index (χ2n) is 5.54. The molecule has 0 radical (unpaired) electrons.